The van der Waals surface area contributed by atoms with Gasteiger partial charge >= 0.3 is 0 Å². The molecular weight excluding hydrogens is 342 g/mol. The molecule has 2 atom stereocenters. The molecule has 8 heteroatoms. The molecule has 0 saturated carbocycles. The van der Waals surface area contributed by atoms with Gasteiger partial charge in [0.2, 0.25) is 12.0 Å². The van der Waals surface area contributed by atoms with Crippen molar-refractivity contribution in [2.24, 2.45) is 5.92 Å². The number of hydrogen-bond acceptors (Lipinski definition) is 6. The van der Waals surface area contributed by atoms with E-state index in [2.05, 4.69) is 15.6 Å². The zero-order valence-electron chi connectivity index (χ0n) is 13.9. The number of fused-ring (bicyclic) bond motifs is 1. The first-order chi connectivity index (χ1) is 12.0. The second kappa shape index (κ2) is 7.52. The average Bonchev–Trinajstić information content (AvgIpc) is 3.11. The molecule has 2 aromatic rings. The maximum absolute atomic E-state index is 12.5. The van der Waals surface area contributed by atoms with Gasteiger partial charge in [0.15, 0.2) is 16.6 Å². The molecular formula is C17H19N3O4S. The number of para-hydroxylation sites is 2. The van der Waals surface area contributed by atoms with Crippen LogP contribution in [0.1, 0.15) is 13.8 Å². The number of carbonyl (C=O) groups is 2. The maximum Gasteiger partial charge on any atom is 0.265 e. The molecule has 2 amide bonds. The van der Waals surface area contributed by atoms with E-state index in [0.717, 1.165) is 0 Å². The molecule has 3 rings (SSSR count). The highest BCUT2D eigenvalue weighted by molar-refractivity contribution is 7.13. The molecule has 0 spiro atoms. The van der Waals surface area contributed by atoms with Crippen LogP contribution in [0.2, 0.25) is 0 Å². The lowest BCUT2D eigenvalue weighted by atomic mass is 10.0. The fourth-order valence-corrected chi connectivity index (χ4v) is 2.93. The molecule has 132 valence electrons. The van der Waals surface area contributed by atoms with Crippen molar-refractivity contribution < 1.29 is 19.1 Å². The van der Waals surface area contributed by atoms with Crippen molar-refractivity contribution in [3.05, 3.63) is 35.8 Å². The summed E-state index contributed by atoms with van der Waals surface area (Å²) in [7, 11) is 0. The second-order valence-corrected chi connectivity index (χ2v) is 6.82. The maximum atomic E-state index is 12.5. The smallest absolute Gasteiger partial charge is 0.265 e. The third-order valence-electron chi connectivity index (χ3n) is 3.71. The number of carbonyl (C=O) groups excluding carboxylic acids is 2. The summed E-state index contributed by atoms with van der Waals surface area (Å²) in [6, 6.07) is 6.46. The summed E-state index contributed by atoms with van der Waals surface area (Å²) in [5.41, 5.74) is 0. The molecule has 0 bridgehead atoms. The van der Waals surface area contributed by atoms with Crippen LogP contribution < -0.4 is 20.1 Å². The standard InChI is InChI=1S/C17H19N3O4S/c1-10(2)14(16(22)20-17-18-7-8-25-17)19-15(21)13-9-23-11-5-3-4-6-12(11)24-13/h3-8,10,13-14H,9H2,1-2H3,(H,19,21)(H,18,20,22)/t13-,14+/m1/s1. The van der Waals surface area contributed by atoms with E-state index in [0.29, 0.717) is 16.6 Å². The van der Waals surface area contributed by atoms with Gasteiger partial charge in [0.1, 0.15) is 12.6 Å². The van der Waals surface area contributed by atoms with Gasteiger partial charge in [0.05, 0.1) is 0 Å². The summed E-state index contributed by atoms with van der Waals surface area (Å²) in [5, 5.41) is 7.72. The third kappa shape index (κ3) is 4.08. The third-order valence-corrected chi connectivity index (χ3v) is 4.40. The number of benzene rings is 1. The average molecular weight is 361 g/mol. The van der Waals surface area contributed by atoms with E-state index in [1.165, 1.54) is 11.3 Å². The summed E-state index contributed by atoms with van der Waals surface area (Å²) in [4.78, 5) is 29.0. The van der Waals surface area contributed by atoms with E-state index in [4.69, 9.17) is 9.47 Å². The number of anilines is 1. The number of thiazole rings is 1. The van der Waals surface area contributed by atoms with Crippen molar-refractivity contribution in [1.29, 1.82) is 0 Å². The van der Waals surface area contributed by atoms with Crippen LogP contribution in [0.3, 0.4) is 0 Å². The lowest BCUT2D eigenvalue weighted by Gasteiger charge is -2.28. The highest BCUT2D eigenvalue weighted by Crippen LogP contribution is 2.30. The molecule has 25 heavy (non-hydrogen) atoms. The zero-order valence-corrected chi connectivity index (χ0v) is 14.7. The van der Waals surface area contributed by atoms with Gasteiger partial charge in [0.25, 0.3) is 5.91 Å². The van der Waals surface area contributed by atoms with Crippen molar-refractivity contribution >= 4 is 28.3 Å². The number of aromatic nitrogens is 1. The molecule has 1 aromatic carbocycles. The van der Waals surface area contributed by atoms with Crippen LogP contribution in [0.4, 0.5) is 5.13 Å². The van der Waals surface area contributed by atoms with Gasteiger partial charge in [-0.05, 0) is 18.1 Å². The van der Waals surface area contributed by atoms with Crippen molar-refractivity contribution in [1.82, 2.24) is 10.3 Å². The highest BCUT2D eigenvalue weighted by atomic mass is 32.1. The van der Waals surface area contributed by atoms with E-state index in [1.807, 2.05) is 19.9 Å². The number of nitrogens with zero attached hydrogens (tertiary/aromatic N) is 1. The van der Waals surface area contributed by atoms with E-state index in [1.54, 1.807) is 29.8 Å². The van der Waals surface area contributed by atoms with Crippen molar-refractivity contribution in [3.8, 4) is 11.5 Å². The molecule has 0 saturated heterocycles. The summed E-state index contributed by atoms with van der Waals surface area (Å²) in [5.74, 6) is 0.328. The molecule has 0 radical (unpaired) electrons. The Labute approximate surface area is 149 Å². The molecule has 1 aromatic heterocycles. The Balaban J connectivity index is 1.64. The molecule has 2 heterocycles. The van der Waals surface area contributed by atoms with E-state index in [9.17, 15) is 9.59 Å². The Kier molecular flexibility index (Phi) is 5.18. The minimum absolute atomic E-state index is 0.0966. The minimum Gasteiger partial charge on any atom is -0.485 e. The zero-order chi connectivity index (χ0) is 17.8. The Hall–Kier alpha value is -2.61. The van der Waals surface area contributed by atoms with Gasteiger partial charge < -0.3 is 20.1 Å². The summed E-state index contributed by atoms with van der Waals surface area (Å²) in [6.45, 7) is 3.82. The molecule has 7 nitrogen and oxygen atoms in total. The van der Waals surface area contributed by atoms with Crippen LogP contribution in [0.5, 0.6) is 11.5 Å². The van der Waals surface area contributed by atoms with Crippen LogP contribution in [-0.4, -0.2) is 35.6 Å². The van der Waals surface area contributed by atoms with Gasteiger partial charge in [0, 0.05) is 11.6 Å². The molecule has 2 N–H and O–H groups in total. The number of rotatable bonds is 5. The SMILES string of the molecule is CC(C)[C@H](NC(=O)[C@H]1COc2ccccc2O1)C(=O)Nc1nccs1. The summed E-state index contributed by atoms with van der Waals surface area (Å²) in [6.07, 6.45) is 0.803. The first kappa shape index (κ1) is 17.2. The summed E-state index contributed by atoms with van der Waals surface area (Å²) >= 11 is 1.32. The monoisotopic (exact) mass is 361 g/mol. The van der Waals surface area contributed by atoms with Crippen molar-refractivity contribution in [2.45, 2.75) is 26.0 Å². The molecule has 0 fully saturated rings. The van der Waals surface area contributed by atoms with Gasteiger partial charge in [-0.2, -0.15) is 0 Å². The predicted octanol–water partition coefficient (Wildman–Crippen LogP) is 2.06. The van der Waals surface area contributed by atoms with Crippen LogP contribution in [0, 0.1) is 5.92 Å². The molecule has 1 aliphatic heterocycles. The van der Waals surface area contributed by atoms with Crippen LogP contribution in [0.25, 0.3) is 0 Å². The minimum atomic E-state index is -0.802. The fourth-order valence-electron chi connectivity index (χ4n) is 2.40. The summed E-state index contributed by atoms with van der Waals surface area (Å²) < 4.78 is 11.2. The van der Waals surface area contributed by atoms with Gasteiger partial charge in [-0.15, -0.1) is 11.3 Å². The molecule has 0 aliphatic carbocycles. The van der Waals surface area contributed by atoms with Gasteiger partial charge in [-0.25, -0.2) is 4.98 Å². The van der Waals surface area contributed by atoms with Gasteiger partial charge in [-0.1, -0.05) is 26.0 Å². The molecule has 0 unspecified atom stereocenters. The Morgan fingerprint density at radius 3 is 2.72 bits per heavy atom. The number of nitrogens with one attached hydrogen (secondary N) is 2. The number of hydrogen-bond donors (Lipinski definition) is 2. The van der Waals surface area contributed by atoms with Crippen LogP contribution in [-0.2, 0) is 9.59 Å². The van der Waals surface area contributed by atoms with Crippen molar-refractivity contribution in [2.75, 3.05) is 11.9 Å². The topological polar surface area (TPSA) is 89.5 Å². The molecule has 1 aliphatic rings. The van der Waals surface area contributed by atoms with Crippen LogP contribution in [0.15, 0.2) is 35.8 Å². The Morgan fingerprint density at radius 1 is 1.28 bits per heavy atom. The number of ether oxygens (including phenoxy) is 2. The van der Waals surface area contributed by atoms with Crippen molar-refractivity contribution in [3.63, 3.8) is 0 Å². The highest BCUT2D eigenvalue weighted by Gasteiger charge is 2.32. The normalized spacial score (nSPS) is 17.0. The van der Waals surface area contributed by atoms with E-state index < -0.39 is 12.1 Å². The van der Waals surface area contributed by atoms with E-state index >= 15 is 0 Å². The van der Waals surface area contributed by atoms with E-state index in [-0.39, 0.29) is 24.3 Å². The fraction of sp³-hybridized carbons (Fsp3) is 0.353. The quantitative estimate of drug-likeness (QED) is 0.851. The Morgan fingerprint density at radius 2 is 2.04 bits per heavy atom. The number of amides is 2. The second-order valence-electron chi connectivity index (χ2n) is 5.92. The first-order valence-corrected chi connectivity index (χ1v) is 8.82. The van der Waals surface area contributed by atoms with Gasteiger partial charge in [-0.3, -0.25) is 9.59 Å². The lowest BCUT2D eigenvalue weighted by molar-refractivity contribution is -0.134. The predicted molar refractivity (Wildman–Crippen MR) is 93.9 cm³/mol. The lowest BCUT2D eigenvalue weighted by Crippen LogP contribution is -2.53. The first-order valence-electron chi connectivity index (χ1n) is 7.94. The Bertz CT molecular complexity index is 748. The largest absolute Gasteiger partial charge is 0.485 e. The van der Waals surface area contributed by atoms with Crippen LogP contribution >= 0.6 is 11.3 Å².